The monoisotopic (exact) mass is 404 g/mol. The van der Waals surface area contributed by atoms with Gasteiger partial charge in [-0.1, -0.05) is 49.7 Å². The number of halogens is 1. The molecule has 1 atom stereocenters. The zero-order chi connectivity index (χ0) is 19.8. The summed E-state index contributed by atoms with van der Waals surface area (Å²) in [5.74, 6) is 0.546. The molecule has 0 saturated carbocycles. The summed E-state index contributed by atoms with van der Waals surface area (Å²) in [5.41, 5.74) is 2.24. The van der Waals surface area contributed by atoms with Crippen LogP contribution in [0.5, 0.6) is 0 Å². The van der Waals surface area contributed by atoms with Crippen molar-refractivity contribution in [3.05, 3.63) is 64.7 Å². The number of thioether (sulfide) groups is 1. The lowest BCUT2D eigenvalue weighted by molar-refractivity contribution is -0.118. The van der Waals surface area contributed by atoms with Gasteiger partial charge in [0.1, 0.15) is 6.04 Å². The van der Waals surface area contributed by atoms with Gasteiger partial charge in [-0.25, -0.2) is 0 Å². The minimum atomic E-state index is -0.635. The van der Waals surface area contributed by atoms with E-state index < -0.39 is 6.04 Å². The van der Waals surface area contributed by atoms with E-state index in [1.807, 2.05) is 30.5 Å². The maximum atomic E-state index is 12.8. The third kappa shape index (κ3) is 6.29. The molecule has 2 N–H and O–H groups in total. The molecule has 0 aliphatic rings. The molecule has 0 heterocycles. The van der Waals surface area contributed by atoms with Crippen LogP contribution in [0.1, 0.15) is 42.1 Å². The van der Waals surface area contributed by atoms with Crippen LogP contribution in [0.4, 0.5) is 5.69 Å². The normalized spacial score (nSPS) is 11.9. The SMILES string of the molecule is CSCCC(NC(=O)c1ccccc1Cl)C(=O)Nc1cccc(C(C)C)c1. The van der Waals surface area contributed by atoms with Gasteiger partial charge in [-0.15, -0.1) is 0 Å². The molecule has 0 aliphatic heterocycles. The number of amides is 2. The van der Waals surface area contributed by atoms with Gasteiger partial charge in [0.05, 0.1) is 10.6 Å². The van der Waals surface area contributed by atoms with Gasteiger partial charge in [0.25, 0.3) is 5.91 Å². The molecule has 6 heteroatoms. The number of benzene rings is 2. The summed E-state index contributed by atoms with van der Waals surface area (Å²) in [4.78, 5) is 25.3. The lowest BCUT2D eigenvalue weighted by atomic mass is 10.0. The van der Waals surface area contributed by atoms with Crippen molar-refractivity contribution in [3.8, 4) is 0 Å². The Hall–Kier alpha value is -1.98. The fourth-order valence-corrected chi connectivity index (χ4v) is 3.28. The fraction of sp³-hybridized carbons (Fsp3) is 0.333. The van der Waals surface area contributed by atoms with E-state index in [1.54, 1.807) is 36.0 Å². The Labute approximate surface area is 170 Å². The second-order valence-electron chi connectivity index (χ2n) is 6.56. The Morgan fingerprint density at radius 2 is 1.85 bits per heavy atom. The van der Waals surface area contributed by atoms with Crippen LogP contribution >= 0.6 is 23.4 Å². The molecule has 0 bridgehead atoms. The van der Waals surface area contributed by atoms with E-state index in [4.69, 9.17) is 11.6 Å². The topological polar surface area (TPSA) is 58.2 Å². The molecule has 2 amide bonds. The number of hydrogen-bond donors (Lipinski definition) is 2. The Morgan fingerprint density at radius 1 is 1.11 bits per heavy atom. The first-order valence-corrected chi connectivity index (χ1v) is 10.6. The molecule has 1 unspecified atom stereocenters. The van der Waals surface area contributed by atoms with Crippen molar-refractivity contribution in [1.82, 2.24) is 5.32 Å². The molecular weight excluding hydrogens is 380 g/mol. The number of carbonyl (C=O) groups is 2. The number of carbonyl (C=O) groups excluding carboxylic acids is 2. The second-order valence-corrected chi connectivity index (χ2v) is 7.95. The highest BCUT2D eigenvalue weighted by Gasteiger charge is 2.22. The maximum Gasteiger partial charge on any atom is 0.253 e. The molecule has 0 radical (unpaired) electrons. The van der Waals surface area contributed by atoms with Gasteiger partial charge < -0.3 is 10.6 Å². The molecule has 2 aromatic rings. The van der Waals surface area contributed by atoms with Crippen molar-refractivity contribution in [1.29, 1.82) is 0 Å². The van der Waals surface area contributed by atoms with E-state index in [-0.39, 0.29) is 11.8 Å². The molecule has 2 rings (SSSR count). The van der Waals surface area contributed by atoms with Crippen LogP contribution in [0.15, 0.2) is 48.5 Å². The van der Waals surface area contributed by atoms with Crippen LogP contribution in [0.3, 0.4) is 0 Å². The van der Waals surface area contributed by atoms with Crippen LogP contribution in [0, 0.1) is 0 Å². The molecule has 2 aromatic carbocycles. The van der Waals surface area contributed by atoms with Crippen molar-refractivity contribution in [2.75, 3.05) is 17.3 Å². The summed E-state index contributed by atoms with van der Waals surface area (Å²) in [6.45, 7) is 4.21. The van der Waals surface area contributed by atoms with E-state index in [0.29, 0.717) is 22.9 Å². The zero-order valence-electron chi connectivity index (χ0n) is 15.8. The molecule has 0 saturated heterocycles. The van der Waals surface area contributed by atoms with E-state index in [1.165, 1.54) is 0 Å². The number of rotatable bonds is 8. The van der Waals surface area contributed by atoms with Gasteiger partial charge in [-0.05, 0) is 54.2 Å². The quantitative estimate of drug-likeness (QED) is 0.654. The summed E-state index contributed by atoms with van der Waals surface area (Å²) < 4.78 is 0. The third-order valence-corrected chi connectivity index (χ3v) is 5.15. The van der Waals surface area contributed by atoms with E-state index in [0.717, 1.165) is 17.0 Å². The van der Waals surface area contributed by atoms with Gasteiger partial charge in [-0.3, -0.25) is 9.59 Å². The molecule has 27 heavy (non-hydrogen) atoms. The summed E-state index contributed by atoms with van der Waals surface area (Å²) in [7, 11) is 0. The molecule has 4 nitrogen and oxygen atoms in total. The first-order chi connectivity index (χ1) is 12.9. The van der Waals surface area contributed by atoms with Crippen molar-refractivity contribution >= 4 is 40.9 Å². The van der Waals surface area contributed by atoms with Crippen LogP contribution in [0.2, 0.25) is 5.02 Å². The van der Waals surface area contributed by atoms with Gasteiger partial charge in [0, 0.05) is 5.69 Å². The third-order valence-electron chi connectivity index (χ3n) is 4.17. The molecule has 0 fully saturated rings. The van der Waals surface area contributed by atoms with Gasteiger partial charge in [0.15, 0.2) is 0 Å². The average Bonchev–Trinajstić information content (AvgIpc) is 2.65. The highest BCUT2D eigenvalue weighted by molar-refractivity contribution is 7.98. The van der Waals surface area contributed by atoms with E-state index >= 15 is 0 Å². The summed E-state index contributed by atoms with van der Waals surface area (Å²) in [5, 5.41) is 6.10. The molecule has 0 aliphatic carbocycles. The summed E-state index contributed by atoms with van der Waals surface area (Å²) in [6.07, 6.45) is 2.50. The number of anilines is 1. The Kier molecular flexibility index (Phi) is 8.20. The first-order valence-electron chi connectivity index (χ1n) is 8.87. The molecule has 0 spiro atoms. The number of nitrogens with one attached hydrogen (secondary N) is 2. The van der Waals surface area contributed by atoms with Crippen molar-refractivity contribution in [2.45, 2.75) is 32.2 Å². The van der Waals surface area contributed by atoms with E-state index in [9.17, 15) is 9.59 Å². The van der Waals surface area contributed by atoms with Crippen molar-refractivity contribution < 1.29 is 9.59 Å². The molecular formula is C21H25ClN2O2S. The molecule has 0 aromatic heterocycles. The van der Waals surface area contributed by atoms with Gasteiger partial charge in [0.2, 0.25) is 5.91 Å². The minimum Gasteiger partial charge on any atom is -0.340 e. The van der Waals surface area contributed by atoms with Crippen molar-refractivity contribution in [3.63, 3.8) is 0 Å². The number of hydrogen-bond acceptors (Lipinski definition) is 3. The highest BCUT2D eigenvalue weighted by atomic mass is 35.5. The largest absolute Gasteiger partial charge is 0.340 e. The second kappa shape index (κ2) is 10.4. The highest BCUT2D eigenvalue weighted by Crippen LogP contribution is 2.19. The summed E-state index contributed by atoms with van der Waals surface area (Å²) in [6, 6.07) is 13.9. The molecule has 144 valence electrons. The first kappa shape index (κ1) is 21.3. The minimum absolute atomic E-state index is 0.231. The lowest BCUT2D eigenvalue weighted by Crippen LogP contribution is -2.44. The predicted molar refractivity (Wildman–Crippen MR) is 115 cm³/mol. The average molecular weight is 405 g/mol. The van der Waals surface area contributed by atoms with Gasteiger partial charge in [-0.2, -0.15) is 11.8 Å². The Balaban J connectivity index is 2.12. The Bertz CT molecular complexity index is 795. The van der Waals surface area contributed by atoms with Gasteiger partial charge >= 0.3 is 0 Å². The van der Waals surface area contributed by atoms with Crippen molar-refractivity contribution in [2.24, 2.45) is 0 Å². The van der Waals surface area contributed by atoms with Crippen LogP contribution in [-0.4, -0.2) is 29.9 Å². The lowest BCUT2D eigenvalue weighted by Gasteiger charge is -2.19. The fourth-order valence-electron chi connectivity index (χ4n) is 2.59. The standard InChI is InChI=1S/C21H25ClN2O2S/c1-14(2)15-7-6-8-16(13-15)23-21(26)19(11-12-27-3)24-20(25)17-9-4-5-10-18(17)22/h4-10,13-14,19H,11-12H2,1-3H3,(H,23,26)(H,24,25). The van der Waals surface area contributed by atoms with Crippen LogP contribution in [0.25, 0.3) is 0 Å². The zero-order valence-corrected chi connectivity index (χ0v) is 17.4. The smallest absolute Gasteiger partial charge is 0.253 e. The Morgan fingerprint density at radius 3 is 2.52 bits per heavy atom. The summed E-state index contributed by atoms with van der Waals surface area (Å²) >= 11 is 7.73. The maximum absolute atomic E-state index is 12.8. The predicted octanol–water partition coefficient (Wildman–Crippen LogP) is 4.95. The van der Waals surface area contributed by atoms with E-state index in [2.05, 4.69) is 24.5 Å². The van der Waals surface area contributed by atoms with Crippen LogP contribution < -0.4 is 10.6 Å². The van der Waals surface area contributed by atoms with Crippen LogP contribution in [-0.2, 0) is 4.79 Å².